The molecule has 1 unspecified atom stereocenters. The summed E-state index contributed by atoms with van der Waals surface area (Å²) in [6, 6.07) is 18.8. The molecule has 1 atom stereocenters. The Morgan fingerprint density at radius 1 is 0.829 bits per heavy atom. The maximum Gasteiger partial charge on any atom is 0.309 e. The summed E-state index contributed by atoms with van der Waals surface area (Å²) in [5.41, 5.74) is 2.60. The van der Waals surface area contributed by atoms with Crippen LogP contribution in [0, 0.1) is 0 Å². The average Bonchev–Trinajstić information content (AvgIpc) is 2.82. The van der Waals surface area contributed by atoms with Crippen molar-refractivity contribution in [2.45, 2.75) is 97.3 Å². The van der Waals surface area contributed by atoms with Crippen LogP contribution in [0.1, 0.15) is 89.2 Å². The van der Waals surface area contributed by atoms with E-state index >= 15 is 0 Å². The van der Waals surface area contributed by atoms with Gasteiger partial charge in [-0.15, -0.1) is 0 Å². The number of esters is 1. The maximum atomic E-state index is 12.6. The van der Waals surface area contributed by atoms with E-state index in [0.717, 1.165) is 42.6 Å². The van der Waals surface area contributed by atoms with E-state index in [1.165, 1.54) is 49.7 Å². The van der Waals surface area contributed by atoms with Crippen molar-refractivity contribution in [2.75, 3.05) is 20.6 Å². The lowest BCUT2D eigenvalue weighted by molar-refractivity contribution is -0.903. The van der Waals surface area contributed by atoms with E-state index in [1.807, 2.05) is 18.2 Å². The number of hydrogen-bond acceptors (Lipinski definition) is 3. The predicted octanol–water partition coefficient (Wildman–Crippen LogP) is 7.69. The lowest BCUT2D eigenvalue weighted by Gasteiger charge is -2.30. The number of ether oxygens (including phenoxy) is 2. The van der Waals surface area contributed by atoms with Crippen molar-refractivity contribution in [1.29, 1.82) is 0 Å². The molecule has 0 bridgehead atoms. The Kier molecular flexibility index (Phi) is 13.5. The second-order valence-electron chi connectivity index (χ2n) is 10.4. The molecule has 0 fully saturated rings. The molecule has 0 spiro atoms. The van der Waals surface area contributed by atoms with Crippen molar-refractivity contribution in [1.82, 2.24) is 0 Å². The fourth-order valence-electron chi connectivity index (χ4n) is 4.43. The van der Waals surface area contributed by atoms with Gasteiger partial charge in [-0.25, -0.2) is 0 Å². The number of nitrogens with zero attached hydrogens (tertiary/aromatic N) is 1. The summed E-state index contributed by atoms with van der Waals surface area (Å²) in [6.45, 7) is 6.21. The largest absolute Gasteiger partial charge is 0.455 e. The van der Waals surface area contributed by atoms with Crippen molar-refractivity contribution < 1.29 is 18.8 Å². The van der Waals surface area contributed by atoms with Gasteiger partial charge in [0, 0.05) is 18.4 Å². The third-order valence-electron chi connectivity index (χ3n) is 6.37. The van der Waals surface area contributed by atoms with Gasteiger partial charge in [-0.1, -0.05) is 88.4 Å². The number of unbranched alkanes of at least 4 members (excludes halogenated alkanes) is 5. The first kappa shape index (κ1) is 28.9. The highest BCUT2D eigenvalue weighted by Crippen LogP contribution is 2.20. The number of benzene rings is 2. The Labute approximate surface area is 214 Å². The van der Waals surface area contributed by atoms with Crippen molar-refractivity contribution >= 4 is 5.97 Å². The molecule has 4 nitrogen and oxygen atoms in total. The number of carbonyl (C=O) groups is 1. The Bertz CT molecular complexity index is 834. The summed E-state index contributed by atoms with van der Waals surface area (Å²) in [5.74, 6) is 0.617. The van der Waals surface area contributed by atoms with E-state index in [2.05, 4.69) is 64.3 Å². The molecule has 0 N–H and O–H groups in total. The number of rotatable bonds is 18. The molecule has 2 aromatic carbocycles. The van der Waals surface area contributed by atoms with Gasteiger partial charge in [-0.2, -0.15) is 0 Å². The molecule has 2 aromatic rings. The molecule has 0 aliphatic heterocycles. The van der Waals surface area contributed by atoms with Crippen LogP contribution in [0.4, 0.5) is 0 Å². The second kappa shape index (κ2) is 16.4. The molecule has 0 aromatic heterocycles. The van der Waals surface area contributed by atoms with Crippen molar-refractivity contribution in [3.05, 3.63) is 65.7 Å². The molecule has 0 aliphatic rings. The standard InChI is InChI=1S/C31H48NO3/c1-5-7-8-9-10-12-18-27-21-15-22-29(25-27)34-31(17-6-2)35-30(33)23-16-24-32(3,4)26-28-19-13-11-14-20-28/h11,13-15,19-22,25,31H,5-10,12,16-18,23-24,26H2,1-4H3/q+1. The number of quaternary nitrogens is 1. The van der Waals surface area contributed by atoms with E-state index in [-0.39, 0.29) is 5.97 Å². The fraction of sp³-hybridized carbons (Fsp3) is 0.581. The lowest BCUT2D eigenvalue weighted by Crippen LogP contribution is -2.39. The van der Waals surface area contributed by atoms with Gasteiger partial charge in [0.25, 0.3) is 0 Å². The minimum atomic E-state index is -0.524. The molecular weight excluding hydrogens is 434 g/mol. The molecule has 0 heterocycles. The molecule has 0 saturated carbocycles. The van der Waals surface area contributed by atoms with Gasteiger partial charge in [0.1, 0.15) is 12.3 Å². The van der Waals surface area contributed by atoms with Crippen LogP contribution in [0.3, 0.4) is 0 Å². The smallest absolute Gasteiger partial charge is 0.309 e. The molecule has 0 amide bonds. The summed E-state index contributed by atoms with van der Waals surface area (Å²) in [5, 5.41) is 0. The van der Waals surface area contributed by atoms with E-state index in [0.29, 0.717) is 12.8 Å². The predicted molar refractivity (Wildman–Crippen MR) is 145 cm³/mol. The highest BCUT2D eigenvalue weighted by atomic mass is 16.7. The van der Waals surface area contributed by atoms with Gasteiger partial charge in [-0.05, 0) is 37.0 Å². The van der Waals surface area contributed by atoms with E-state index < -0.39 is 6.29 Å². The monoisotopic (exact) mass is 482 g/mol. The SMILES string of the molecule is CCCCCCCCc1cccc(OC(CCC)OC(=O)CCC[N+](C)(C)Cc2ccccc2)c1. The van der Waals surface area contributed by atoms with Gasteiger partial charge in [0.15, 0.2) is 0 Å². The zero-order chi connectivity index (χ0) is 25.4. The molecule has 194 valence electrons. The minimum Gasteiger partial charge on any atom is -0.455 e. The van der Waals surface area contributed by atoms with Crippen LogP contribution >= 0.6 is 0 Å². The second-order valence-corrected chi connectivity index (χ2v) is 10.4. The van der Waals surface area contributed by atoms with Gasteiger partial charge < -0.3 is 14.0 Å². The Balaban J connectivity index is 1.76. The number of aryl methyl sites for hydroxylation is 1. The van der Waals surface area contributed by atoms with Gasteiger partial charge >= 0.3 is 5.97 Å². The minimum absolute atomic E-state index is 0.175. The third-order valence-corrected chi connectivity index (χ3v) is 6.37. The Hall–Kier alpha value is -2.33. The first-order valence-electron chi connectivity index (χ1n) is 13.7. The van der Waals surface area contributed by atoms with E-state index in [9.17, 15) is 4.79 Å². The van der Waals surface area contributed by atoms with E-state index in [4.69, 9.17) is 9.47 Å². The fourth-order valence-corrected chi connectivity index (χ4v) is 4.43. The first-order chi connectivity index (χ1) is 16.9. The van der Waals surface area contributed by atoms with Crippen LogP contribution in [0.2, 0.25) is 0 Å². The highest BCUT2D eigenvalue weighted by molar-refractivity contribution is 5.69. The van der Waals surface area contributed by atoms with Gasteiger partial charge in [0.2, 0.25) is 6.29 Å². The summed E-state index contributed by atoms with van der Waals surface area (Å²) >= 11 is 0. The van der Waals surface area contributed by atoms with E-state index in [1.54, 1.807) is 0 Å². The highest BCUT2D eigenvalue weighted by Gasteiger charge is 2.19. The topological polar surface area (TPSA) is 35.5 Å². The zero-order valence-electron chi connectivity index (χ0n) is 22.6. The van der Waals surface area contributed by atoms with Crippen LogP contribution < -0.4 is 4.74 Å². The summed E-state index contributed by atoms with van der Waals surface area (Å²) in [4.78, 5) is 12.6. The van der Waals surface area contributed by atoms with Crippen LogP contribution in [-0.4, -0.2) is 37.4 Å². The van der Waals surface area contributed by atoms with Crippen molar-refractivity contribution in [3.8, 4) is 5.75 Å². The van der Waals surface area contributed by atoms with Gasteiger partial charge in [-0.3, -0.25) is 4.79 Å². The normalized spacial score (nSPS) is 12.3. The number of hydrogen-bond donors (Lipinski definition) is 0. The maximum absolute atomic E-state index is 12.6. The molecular formula is C31H48NO3+. The molecule has 2 rings (SSSR count). The summed E-state index contributed by atoms with van der Waals surface area (Å²) in [6.07, 6.45) is 11.1. The Morgan fingerprint density at radius 3 is 2.29 bits per heavy atom. The third kappa shape index (κ3) is 12.8. The van der Waals surface area contributed by atoms with Crippen LogP contribution in [0.5, 0.6) is 5.75 Å². The molecule has 0 aliphatic carbocycles. The first-order valence-corrected chi connectivity index (χ1v) is 13.7. The van der Waals surface area contributed by atoms with Crippen molar-refractivity contribution in [2.24, 2.45) is 0 Å². The quantitative estimate of drug-likeness (QED) is 0.0945. The van der Waals surface area contributed by atoms with Gasteiger partial charge in [0.05, 0.1) is 27.1 Å². The average molecular weight is 483 g/mol. The summed E-state index contributed by atoms with van der Waals surface area (Å²) in [7, 11) is 4.42. The Morgan fingerprint density at radius 2 is 1.54 bits per heavy atom. The summed E-state index contributed by atoms with van der Waals surface area (Å²) < 4.78 is 12.7. The van der Waals surface area contributed by atoms with Crippen LogP contribution in [0.25, 0.3) is 0 Å². The van der Waals surface area contributed by atoms with Crippen LogP contribution in [0.15, 0.2) is 54.6 Å². The number of carbonyl (C=O) groups excluding carboxylic acids is 1. The van der Waals surface area contributed by atoms with Crippen molar-refractivity contribution in [3.63, 3.8) is 0 Å². The molecule has 0 radical (unpaired) electrons. The molecule has 35 heavy (non-hydrogen) atoms. The van der Waals surface area contributed by atoms with Crippen LogP contribution in [-0.2, 0) is 22.5 Å². The zero-order valence-corrected chi connectivity index (χ0v) is 22.6. The molecule has 4 heteroatoms. The molecule has 0 saturated heterocycles. The lowest BCUT2D eigenvalue weighted by atomic mass is 10.0.